The number of hydrogen-bond acceptors (Lipinski definition) is 2. The average molecular weight is 263 g/mol. The molecule has 18 heavy (non-hydrogen) atoms. The van der Waals surface area contributed by atoms with E-state index in [4.69, 9.17) is 0 Å². The molecule has 1 aromatic rings. The molecule has 1 aromatic carbocycles. The van der Waals surface area contributed by atoms with Crippen LogP contribution in [-0.2, 0) is 6.42 Å². The highest BCUT2D eigenvalue weighted by atomic mass is 32.2. The lowest BCUT2D eigenvalue weighted by Crippen LogP contribution is -2.27. The van der Waals surface area contributed by atoms with Crippen molar-refractivity contribution in [3.8, 4) is 0 Å². The zero-order valence-corrected chi connectivity index (χ0v) is 12.6. The fourth-order valence-corrected chi connectivity index (χ4v) is 4.20. The van der Waals surface area contributed by atoms with Crippen molar-refractivity contribution in [2.24, 2.45) is 5.92 Å². The van der Waals surface area contributed by atoms with Crippen molar-refractivity contribution in [2.75, 3.05) is 12.8 Å². The Morgan fingerprint density at radius 1 is 1.33 bits per heavy atom. The van der Waals surface area contributed by atoms with Crippen LogP contribution in [-0.4, -0.2) is 18.1 Å². The molecule has 0 aliphatic heterocycles. The van der Waals surface area contributed by atoms with Crippen LogP contribution in [0.3, 0.4) is 0 Å². The first-order valence-electron chi connectivity index (χ1n) is 7.09. The monoisotopic (exact) mass is 263 g/mol. The van der Waals surface area contributed by atoms with E-state index in [0.717, 1.165) is 11.2 Å². The second-order valence-corrected chi connectivity index (χ2v) is 6.90. The summed E-state index contributed by atoms with van der Waals surface area (Å²) in [5.41, 5.74) is 3.07. The van der Waals surface area contributed by atoms with Gasteiger partial charge in [0.05, 0.1) is 0 Å². The first-order valence-corrected chi connectivity index (χ1v) is 8.14. The molecule has 1 aliphatic carbocycles. The van der Waals surface area contributed by atoms with E-state index < -0.39 is 0 Å². The smallest absolute Gasteiger partial charge is 0.0440 e. The molecule has 0 spiro atoms. The van der Waals surface area contributed by atoms with Gasteiger partial charge in [-0.15, -0.1) is 0 Å². The second-order valence-electron chi connectivity index (χ2n) is 5.62. The summed E-state index contributed by atoms with van der Waals surface area (Å²) in [7, 11) is 2.11. The molecular weight excluding hydrogens is 238 g/mol. The maximum Gasteiger partial charge on any atom is 0.0440 e. The van der Waals surface area contributed by atoms with Crippen LogP contribution in [0.5, 0.6) is 0 Å². The number of nitrogens with one attached hydrogen (secondary N) is 1. The molecule has 2 atom stereocenters. The number of hydrogen-bond donors (Lipinski definition) is 1. The molecule has 0 saturated carbocycles. The van der Waals surface area contributed by atoms with Crippen LogP contribution in [0.4, 0.5) is 0 Å². The van der Waals surface area contributed by atoms with E-state index in [9.17, 15) is 0 Å². The summed E-state index contributed by atoms with van der Waals surface area (Å²) < 4.78 is 0. The molecule has 0 fully saturated rings. The normalized spacial score (nSPS) is 23.8. The Morgan fingerprint density at radius 2 is 2.11 bits per heavy atom. The van der Waals surface area contributed by atoms with Gasteiger partial charge in [-0.05, 0) is 49.1 Å². The van der Waals surface area contributed by atoms with Crippen LogP contribution >= 0.6 is 11.8 Å². The van der Waals surface area contributed by atoms with Crippen molar-refractivity contribution >= 4 is 11.8 Å². The SMILES string of the molecule is CNC1c2ccccc2CCCC1SCC(C)C. The third-order valence-corrected chi connectivity index (χ3v) is 5.45. The van der Waals surface area contributed by atoms with Crippen LogP contribution < -0.4 is 5.32 Å². The van der Waals surface area contributed by atoms with Crippen LogP contribution in [0.1, 0.15) is 43.9 Å². The summed E-state index contributed by atoms with van der Waals surface area (Å²) in [6.07, 6.45) is 3.90. The van der Waals surface area contributed by atoms with E-state index in [1.165, 1.54) is 30.6 Å². The minimum absolute atomic E-state index is 0.521. The zero-order valence-electron chi connectivity index (χ0n) is 11.8. The van der Waals surface area contributed by atoms with Gasteiger partial charge in [0, 0.05) is 11.3 Å². The van der Waals surface area contributed by atoms with Gasteiger partial charge in [-0.1, -0.05) is 38.1 Å². The summed E-state index contributed by atoms with van der Waals surface area (Å²) in [6.45, 7) is 4.62. The minimum Gasteiger partial charge on any atom is -0.312 e. The molecule has 2 unspecified atom stereocenters. The molecule has 100 valence electrons. The fraction of sp³-hybridized carbons (Fsp3) is 0.625. The minimum atomic E-state index is 0.521. The van der Waals surface area contributed by atoms with Crippen molar-refractivity contribution < 1.29 is 0 Å². The predicted octanol–water partition coefficient (Wildman–Crippen LogP) is 4.04. The molecule has 0 aromatic heterocycles. The van der Waals surface area contributed by atoms with Gasteiger partial charge in [0.25, 0.3) is 0 Å². The summed E-state index contributed by atoms with van der Waals surface area (Å²) >= 11 is 2.15. The van der Waals surface area contributed by atoms with Crippen LogP contribution in [0, 0.1) is 5.92 Å². The molecule has 0 bridgehead atoms. The number of benzene rings is 1. The molecule has 0 amide bonds. The first kappa shape index (κ1) is 14.0. The van der Waals surface area contributed by atoms with Crippen LogP contribution in [0.25, 0.3) is 0 Å². The molecule has 0 heterocycles. The topological polar surface area (TPSA) is 12.0 Å². The first-order chi connectivity index (χ1) is 8.72. The standard InChI is InChI=1S/C16H25NS/c1-12(2)11-18-15-10-6-8-13-7-4-5-9-14(13)16(15)17-3/h4-5,7,9,12,15-17H,6,8,10-11H2,1-3H3. The predicted molar refractivity (Wildman–Crippen MR) is 82.3 cm³/mol. The summed E-state index contributed by atoms with van der Waals surface area (Å²) in [5, 5.41) is 4.28. The number of aryl methyl sites for hydroxylation is 1. The van der Waals surface area contributed by atoms with E-state index in [1.54, 1.807) is 5.56 Å². The maximum absolute atomic E-state index is 3.55. The van der Waals surface area contributed by atoms with Gasteiger partial charge >= 0.3 is 0 Å². The molecule has 2 heteroatoms. The number of thioether (sulfide) groups is 1. The highest BCUT2D eigenvalue weighted by molar-refractivity contribution is 7.99. The molecular formula is C16H25NS. The molecule has 1 aliphatic rings. The molecule has 1 N–H and O–H groups in total. The highest BCUT2D eigenvalue weighted by Crippen LogP contribution is 2.36. The lowest BCUT2D eigenvalue weighted by atomic mass is 9.99. The summed E-state index contributed by atoms with van der Waals surface area (Å²) in [6, 6.07) is 9.48. The Labute approximate surface area is 116 Å². The van der Waals surface area contributed by atoms with Crippen molar-refractivity contribution in [2.45, 2.75) is 44.4 Å². The largest absolute Gasteiger partial charge is 0.312 e. The lowest BCUT2D eigenvalue weighted by Gasteiger charge is -2.26. The van der Waals surface area contributed by atoms with Gasteiger partial charge in [0.1, 0.15) is 0 Å². The average Bonchev–Trinajstić information content (AvgIpc) is 2.54. The van der Waals surface area contributed by atoms with Crippen LogP contribution in [0.15, 0.2) is 24.3 Å². The Bertz CT molecular complexity index is 375. The fourth-order valence-electron chi connectivity index (χ4n) is 2.76. The van der Waals surface area contributed by atoms with Gasteiger partial charge in [-0.3, -0.25) is 0 Å². The Morgan fingerprint density at radius 3 is 2.83 bits per heavy atom. The van der Waals surface area contributed by atoms with E-state index in [0.29, 0.717) is 6.04 Å². The van der Waals surface area contributed by atoms with Gasteiger partial charge in [0.15, 0.2) is 0 Å². The lowest BCUT2D eigenvalue weighted by molar-refractivity contribution is 0.546. The van der Waals surface area contributed by atoms with Crippen molar-refractivity contribution in [1.82, 2.24) is 5.32 Å². The van der Waals surface area contributed by atoms with E-state index >= 15 is 0 Å². The van der Waals surface area contributed by atoms with Gasteiger partial charge in [-0.2, -0.15) is 11.8 Å². The van der Waals surface area contributed by atoms with Gasteiger partial charge in [0.2, 0.25) is 0 Å². The quantitative estimate of drug-likeness (QED) is 0.823. The third kappa shape index (κ3) is 3.30. The van der Waals surface area contributed by atoms with E-state index in [1.807, 2.05) is 0 Å². The van der Waals surface area contributed by atoms with Gasteiger partial charge < -0.3 is 5.32 Å². The molecule has 0 saturated heterocycles. The number of fused-ring (bicyclic) bond motifs is 1. The second kappa shape index (κ2) is 6.63. The molecule has 2 rings (SSSR count). The van der Waals surface area contributed by atoms with Crippen molar-refractivity contribution in [3.63, 3.8) is 0 Å². The van der Waals surface area contributed by atoms with E-state index in [-0.39, 0.29) is 0 Å². The molecule has 1 nitrogen and oxygen atoms in total. The highest BCUT2D eigenvalue weighted by Gasteiger charge is 2.26. The zero-order chi connectivity index (χ0) is 13.0. The summed E-state index contributed by atoms with van der Waals surface area (Å²) in [5.74, 6) is 2.05. The van der Waals surface area contributed by atoms with Crippen LogP contribution in [0.2, 0.25) is 0 Å². The maximum atomic E-state index is 3.55. The Hall–Kier alpha value is -0.470. The summed E-state index contributed by atoms with van der Waals surface area (Å²) in [4.78, 5) is 0. The van der Waals surface area contributed by atoms with Gasteiger partial charge in [-0.25, -0.2) is 0 Å². The van der Waals surface area contributed by atoms with Crippen molar-refractivity contribution in [3.05, 3.63) is 35.4 Å². The Kier molecular flexibility index (Phi) is 5.13. The van der Waals surface area contributed by atoms with Crippen molar-refractivity contribution in [1.29, 1.82) is 0 Å². The third-order valence-electron chi connectivity index (χ3n) is 3.65. The number of rotatable bonds is 4. The Balaban J connectivity index is 2.17. The molecule has 0 radical (unpaired) electrons. The van der Waals surface area contributed by atoms with E-state index in [2.05, 4.69) is 62.2 Å².